The van der Waals surface area contributed by atoms with Crippen molar-refractivity contribution in [2.24, 2.45) is 5.73 Å². The molecule has 0 aromatic carbocycles. The summed E-state index contributed by atoms with van der Waals surface area (Å²) >= 11 is 0. The van der Waals surface area contributed by atoms with Gasteiger partial charge in [-0.25, -0.2) is 9.97 Å². The Kier molecular flexibility index (Phi) is 2.07. The lowest BCUT2D eigenvalue weighted by Gasteiger charge is -2.17. The average Bonchev–Trinajstić information content (AvgIpc) is 2.46. The van der Waals surface area contributed by atoms with Crippen molar-refractivity contribution in [1.29, 1.82) is 0 Å². The molecular formula is C11H17N3. The largest absolute Gasteiger partial charge is 0.323 e. The van der Waals surface area contributed by atoms with Crippen molar-refractivity contribution in [1.82, 2.24) is 9.97 Å². The van der Waals surface area contributed by atoms with Gasteiger partial charge < -0.3 is 5.73 Å². The second-order valence-corrected chi connectivity index (χ2v) is 5.00. The Hall–Kier alpha value is -0.960. The highest BCUT2D eigenvalue weighted by molar-refractivity contribution is 5.27. The number of aromatic nitrogens is 2. The van der Waals surface area contributed by atoms with Gasteiger partial charge in [0, 0.05) is 17.7 Å². The van der Waals surface area contributed by atoms with Crippen molar-refractivity contribution in [3.8, 4) is 0 Å². The number of rotatable bonds is 0. The normalized spacial score (nSPS) is 21.0. The number of nitrogens with zero attached hydrogens (tertiary/aromatic N) is 2. The van der Waals surface area contributed by atoms with Crippen LogP contribution in [0, 0.1) is 0 Å². The van der Waals surface area contributed by atoms with Crippen LogP contribution in [0.2, 0.25) is 0 Å². The van der Waals surface area contributed by atoms with Crippen LogP contribution in [0.1, 0.15) is 50.3 Å². The minimum Gasteiger partial charge on any atom is -0.323 e. The summed E-state index contributed by atoms with van der Waals surface area (Å²) < 4.78 is 0. The van der Waals surface area contributed by atoms with Gasteiger partial charge >= 0.3 is 0 Å². The zero-order valence-corrected chi connectivity index (χ0v) is 9.04. The van der Waals surface area contributed by atoms with Gasteiger partial charge in [0.25, 0.3) is 0 Å². The van der Waals surface area contributed by atoms with E-state index < -0.39 is 0 Å². The summed E-state index contributed by atoms with van der Waals surface area (Å²) in [6, 6.07) is 0.120. The third-order valence-electron chi connectivity index (χ3n) is 2.64. The number of hydrogen-bond donors (Lipinski definition) is 1. The van der Waals surface area contributed by atoms with Crippen LogP contribution in [0.5, 0.6) is 0 Å². The van der Waals surface area contributed by atoms with Gasteiger partial charge in [-0.3, -0.25) is 0 Å². The lowest BCUT2D eigenvalue weighted by molar-refractivity contribution is 0.538. The van der Waals surface area contributed by atoms with Crippen LogP contribution in [-0.4, -0.2) is 9.97 Å². The quantitative estimate of drug-likeness (QED) is 0.679. The topological polar surface area (TPSA) is 51.8 Å². The molecule has 1 aliphatic rings. The fourth-order valence-electron chi connectivity index (χ4n) is 1.74. The van der Waals surface area contributed by atoms with Crippen LogP contribution in [0.4, 0.5) is 0 Å². The molecule has 0 saturated carbocycles. The second-order valence-electron chi connectivity index (χ2n) is 5.00. The summed E-state index contributed by atoms with van der Waals surface area (Å²) in [7, 11) is 0. The summed E-state index contributed by atoms with van der Waals surface area (Å²) in [6.07, 6.45) is 3.98. The molecule has 1 aliphatic carbocycles. The number of nitrogens with two attached hydrogens (primary N) is 1. The number of hydrogen-bond acceptors (Lipinski definition) is 3. The number of aryl methyl sites for hydroxylation is 1. The summed E-state index contributed by atoms with van der Waals surface area (Å²) in [6.45, 7) is 6.36. The first kappa shape index (κ1) is 9.59. The lowest BCUT2D eigenvalue weighted by Crippen LogP contribution is -2.18. The Balaban J connectivity index is 2.45. The SMILES string of the molecule is CC(C)(C)c1ncc2c(n1)C(N)CC2. The Bertz CT molecular complexity index is 352. The molecule has 0 fully saturated rings. The smallest absolute Gasteiger partial charge is 0.133 e. The van der Waals surface area contributed by atoms with E-state index in [-0.39, 0.29) is 11.5 Å². The highest BCUT2D eigenvalue weighted by Crippen LogP contribution is 2.28. The van der Waals surface area contributed by atoms with E-state index in [9.17, 15) is 0 Å². The maximum Gasteiger partial charge on any atom is 0.133 e. The van der Waals surface area contributed by atoms with Crippen LogP contribution < -0.4 is 5.73 Å². The summed E-state index contributed by atoms with van der Waals surface area (Å²) in [5.41, 5.74) is 8.27. The van der Waals surface area contributed by atoms with E-state index in [1.54, 1.807) is 0 Å². The predicted molar refractivity (Wildman–Crippen MR) is 56.0 cm³/mol. The molecule has 14 heavy (non-hydrogen) atoms. The van der Waals surface area contributed by atoms with E-state index in [0.717, 1.165) is 24.4 Å². The van der Waals surface area contributed by atoms with Gasteiger partial charge in [-0.1, -0.05) is 20.8 Å². The van der Waals surface area contributed by atoms with Crippen LogP contribution in [0.25, 0.3) is 0 Å². The molecule has 0 radical (unpaired) electrons. The first-order valence-corrected chi connectivity index (χ1v) is 5.10. The van der Waals surface area contributed by atoms with Crippen molar-refractivity contribution in [2.45, 2.75) is 45.1 Å². The first-order valence-electron chi connectivity index (χ1n) is 5.10. The average molecular weight is 191 g/mol. The Morgan fingerprint density at radius 2 is 2.14 bits per heavy atom. The molecule has 3 nitrogen and oxygen atoms in total. The first-order chi connectivity index (χ1) is 6.48. The van der Waals surface area contributed by atoms with E-state index in [1.807, 2.05) is 6.20 Å². The Morgan fingerprint density at radius 3 is 2.79 bits per heavy atom. The second kappa shape index (κ2) is 3.02. The monoisotopic (exact) mass is 191 g/mol. The van der Waals surface area contributed by atoms with E-state index >= 15 is 0 Å². The van der Waals surface area contributed by atoms with Crippen molar-refractivity contribution in [2.75, 3.05) is 0 Å². The molecule has 0 aliphatic heterocycles. The van der Waals surface area contributed by atoms with Gasteiger partial charge in [-0.2, -0.15) is 0 Å². The fourth-order valence-corrected chi connectivity index (χ4v) is 1.74. The molecule has 0 saturated heterocycles. The van der Waals surface area contributed by atoms with Crippen LogP contribution in [0.15, 0.2) is 6.20 Å². The van der Waals surface area contributed by atoms with E-state index in [2.05, 4.69) is 30.7 Å². The number of fused-ring (bicyclic) bond motifs is 1. The van der Waals surface area contributed by atoms with Gasteiger partial charge in [0.05, 0.1) is 5.69 Å². The minimum atomic E-state index is 0.0112. The van der Waals surface area contributed by atoms with E-state index in [1.165, 1.54) is 5.56 Å². The maximum absolute atomic E-state index is 5.97. The fraction of sp³-hybridized carbons (Fsp3) is 0.636. The molecule has 0 spiro atoms. The standard InChI is InChI=1S/C11H17N3/c1-11(2,3)10-13-6-7-4-5-8(12)9(7)14-10/h6,8H,4-5,12H2,1-3H3. The van der Waals surface area contributed by atoms with Crippen LogP contribution in [0.3, 0.4) is 0 Å². The van der Waals surface area contributed by atoms with Gasteiger partial charge in [0.15, 0.2) is 0 Å². The van der Waals surface area contributed by atoms with Gasteiger partial charge in [-0.05, 0) is 18.4 Å². The molecule has 1 heterocycles. The van der Waals surface area contributed by atoms with Crippen LogP contribution >= 0.6 is 0 Å². The molecule has 76 valence electrons. The molecule has 0 amide bonds. The molecule has 0 bridgehead atoms. The molecule has 2 rings (SSSR count). The van der Waals surface area contributed by atoms with Crippen molar-refractivity contribution in [3.05, 3.63) is 23.3 Å². The van der Waals surface area contributed by atoms with Crippen molar-refractivity contribution in [3.63, 3.8) is 0 Å². The highest BCUT2D eigenvalue weighted by Gasteiger charge is 2.25. The minimum absolute atomic E-state index is 0.0112. The summed E-state index contributed by atoms with van der Waals surface area (Å²) in [4.78, 5) is 8.96. The molecular weight excluding hydrogens is 174 g/mol. The van der Waals surface area contributed by atoms with Crippen molar-refractivity contribution < 1.29 is 0 Å². The zero-order valence-electron chi connectivity index (χ0n) is 9.04. The van der Waals surface area contributed by atoms with E-state index in [0.29, 0.717) is 0 Å². The summed E-state index contributed by atoms with van der Waals surface area (Å²) in [5.74, 6) is 0.897. The third-order valence-corrected chi connectivity index (χ3v) is 2.64. The van der Waals surface area contributed by atoms with Gasteiger partial charge in [-0.15, -0.1) is 0 Å². The molecule has 1 atom stereocenters. The highest BCUT2D eigenvalue weighted by atomic mass is 14.9. The van der Waals surface area contributed by atoms with Gasteiger partial charge in [0.1, 0.15) is 5.82 Å². The molecule has 3 heteroatoms. The van der Waals surface area contributed by atoms with Crippen LogP contribution in [-0.2, 0) is 11.8 Å². The van der Waals surface area contributed by atoms with E-state index in [4.69, 9.17) is 5.73 Å². The molecule has 1 aromatic rings. The maximum atomic E-state index is 5.97. The molecule has 1 unspecified atom stereocenters. The Morgan fingerprint density at radius 1 is 1.43 bits per heavy atom. The third kappa shape index (κ3) is 1.52. The molecule has 1 aromatic heterocycles. The van der Waals surface area contributed by atoms with Crippen molar-refractivity contribution >= 4 is 0 Å². The zero-order chi connectivity index (χ0) is 10.3. The molecule has 2 N–H and O–H groups in total. The Labute approximate surface area is 84.8 Å². The predicted octanol–water partition coefficient (Wildman–Crippen LogP) is 1.72. The summed E-state index contributed by atoms with van der Waals surface area (Å²) in [5, 5.41) is 0. The lowest BCUT2D eigenvalue weighted by atomic mass is 9.95. The van der Waals surface area contributed by atoms with Gasteiger partial charge in [0.2, 0.25) is 0 Å².